The van der Waals surface area contributed by atoms with E-state index in [0.29, 0.717) is 5.76 Å². The lowest BCUT2D eigenvalue weighted by Gasteiger charge is -2.25. The van der Waals surface area contributed by atoms with Gasteiger partial charge in [0, 0.05) is 12.5 Å². The van der Waals surface area contributed by atoms with Crippen LogP contribution in [0.1, 0.15) is 36.6 Å². The van der Waals surface area contributed by atoms with Crippen molar-refractivity contribution in [2.24, 2.45) is 5.92 Å². The van der Waals surface area contributed by atoms with Gasteiger partial charge in [-0.3, -0.25) is 9.59 Å². The molecule has 0 aromatic carbocycles. The number of carbonyl (C=O) groups is 2. The lowest BCUT2D eigenvalue weighted by atomic mass is 9.96. The Morgan fingerprint density at radius 3 is 2.72 bits per heavy atom. The molecule has 0 spiro atoms. The second-order valence-electron chi connectivity index (χ2n) is 5.09. The average molecular weight is 249 g/mol. The number of carboxylic acids is 1. The summed E-state index contributed by atoms with van der Waals surface area (Å²) in [5, 5.41) is 9.29. The number of hydrogen-bond donors (Lipinski definition) is 1. The molecule has 3 rings (SSSR count). The summed E-state index contributed by atoms with van der Waals surface area (Å²) in [6, 6.07) is 1.58. The van der Waals surface area contributed by atoms with Crippen LogP contribution in [-0.2, 0) is 9.59 Å². The quantitative estimate of drug-likeness (QED) is 0.885. The molecular weight excluding hydrogens is 234 g/mol. The van der Waals surface area contributed by atoms with E-state index in [1.165, 1.54) is 0 Å². The summed E-state index contributed by atoms with van der Waals surface area (Å²) in [7, 11) is 0. The van der Waals surface area contributed by atoms with Crippen LogP contribution in [0.3, 0.4) is 0 Å². The van der Waals surface area contributed by atoms with E-state index in [1.54, 1.807) is 11.2 Å². The highest BCUT2D eigenvalue weighted by atomic mass is 16.4. The molecular formula is C13H15NO4. The summed E-state index contributed by atoms with van der Waals surface area (Å²) in [6.45, 7) is 1.88. The zero-order valence-corrected chi connectivity index (χ0v) is 10.1. The molecule has 0 bridgehead atoms. The molecule has 1 saturated carbocycles. The van der Waals surface area contributed by atoms with E-state index in [-0.39, 0.29) is 18.4 Å². The van der Waals surface area contributed by atoms with Crippen molar-refractivity contribution in [3.8, 4) is 0 Å². The normalized spacial score (nSPS) is 27.8. The number of nitrogens with zero attached hydrogens (tertiary/aromatic N) is 1. The van der Waals surface area contributed by atoms with Gasteiger partial charge < -0.3 is 14.4 Å². The number of amides is 1. The smallest absolute Gasteiger partial charge is 0.309 e. The highest BCUT2D eigenvalue weighted by Crippen LogP contribution is 2.45. The molecule has 1 N–H and O–H groups in total. The van der Waals surface area contributed by atoms with Crippen LogP contribution in [0, 0.1) is 12.8 Å². The Morgan fingerprint density at radius 2 is 2.22 bits per heavy atom. The largest absolute Gasteiger partial charge is 0.481 e. The molecule has 0 radical (unpaired) electrons. The van der Waals surface area contributed by atoms with Crippen LogP contribution >= 0.6 is 0 Å². The molecule has 1 aliphatic carbocycles. The third-order valence-corrected chi connectivity index (χ3v) is 3.79. The van der Waals surface area contributed by atoms with E-state index in [2.05, 4.69) is 0 Å². The van der Waals surface area contributed by atoms with Crippen molar-refractivity contribution >= 4 is 11.9 Å². The number of carbonyl (C=O) groups excluding carboxylic acids is 1. The third kappa shape index (κ3) is 1.62. The predicted molar refractivity (Wildman–Crippen MR) is 61.8 cm³/mol. The molecule has 2 heterocycles. The van der Waals surface area contributed by atoms with Crippen LogP contribution in [0.15, 0.2) is 16.7 Å². The molecule has 2 aliphatic rings. The molecule has 2 atom stereocenters. The van der Waals surface area contributed by atoms with Gasteiger partial charge in [0.1, 0.15) is 11.8 Å². The van der Waals surface area contributed by atoms with Crippen LogP contribution in [0.4, 0.5) is 0 Å². The lowest BCUT2D eigenvalue weighted by Crippen LogP contribution is -2.32. The second kappa shape index (κ2) is 3.86. The van der Waals surface area contributed by atoms with E-state index < -0.39 is 17.9 Å². The molecule has 5 nitrogen and oxygen atoms in total. The van der Waals surface area contributed by atoms with Crippen molar-refractivity contribution in [3.05, 3.63) is 23.7 Å². The molecule has 5 heteroatoms. The number of hydrogen-bond acceptors (Lipinski definition) is 3. The van der Waals surface area contributed by atoms with Crippen LogP contribution in [0.5, 0.6) is 0 Å². The standard InChI is InChI=1S/C13H15NO4/c1-7-4-5-18-12(7)11-9(13(16)17)6-10(15)14(11)8-2-3-8/h4-5,8-9,11H,2-3,6H2,1H3,(H,16,17). The maximum atomic E-state index is 12.0. The first-order valence-electron chi connectivity index (χ1n) is 6.17. The van der Waals surface area contributed by atoms with Gasteiger partial charge in [-0.25, -0.2) is 0 Å². The zero-order chi connectivity index (χ0) is 12.9. The van der Waals surface area contributed by atoms with Gasteiger partial charge in [0.05, 0.1) is 12.2 Å². The molecule has 96 valence electrons. The van der Waals surface area contributed by atoms with Crippen molar-refractivity contribution in [2.75, 3.05) is 0 Å². The fourth-order valence-electron chi connectivity index (χ4n) is 2.76. The predicted octanol–water partition coefficient (Wildman–Crippen LogP) is 1.72. The van der Waals surface area contributed by atoms with E-state index in [1.807, 2.05) is 13.0 Å². The van der Waals surface area contributed by atoms with Gasteiger partial charge in [0.25, 0.3) is 0 Å². The molecule has 2 fully saturated rings. The van der Waals surface area contributed by atoms with Crippen LogP contribution in [-0.4, -0.2) is 27.9 Å². The van der Waals surface area contributed by atoms with Gasteiger partial charge in [0.15, 0.2) is 0 Å². The Labute approximate surface area is 104 Å². The van der Waals surface area contributed by atoms with Gasteiger partial charge in [0.2, 0.25) is 5.91 Å². The molecule has 1 aromatic rings. The van der Waals surface area contributed by atoms with Crippen LogP contribution < -0.4 is 0 Å². The van der Waals surface area contributed by atoms with Gasteiger partial charge in [-0.05, 0) is 31.4 Å². The van der Waals surface area contributed by atoms with Crippen molar-refractivity contribution in [1.82, 2.24) is 4.90 Å². The topological polar surface area (TPSA) is 70.7 Å². The maximum Gasteiger partial charge on any atom is 0.309 e. The molecule has 1 aliphatic heterocycles. The second-order valence-corrected chi connectivity index (χ2v) is 5.09. The minimum atomic E-state index is -0.924. The number of rotatable bonds is 3. The van der Waals surface area contributed by atoms with E-state index in [0.717, 1.165) is 18.4 Å². The van der Waals surface area contributed by atoms with Crippen molar-refractivity contribution in [3.63, 3.8) is 0 Å². The summed E-state index contributed by atoms with van der Waals surface area (Å²) in [6.07, 6.45) is 3.57. The summed E-state index contributed by atoms with van der Waals surface area (Å²) in [5.41, 5.74) is 0.909. The van der Waals surface area contributed by atoms with E-state index >= 15 is 0 Å². The molecule has 2 unspecified atom stereocenters. The summed E-state index contributed by atoms with van der Waals surface area (Å²) >= 11 is 0. The Morgan fingerprint density at radius 1 is 1.50 bits per heavy atom. The Hall–Kier alpha value is -1.78. The van der Waals surface area contributed by atoms with E-state index in [4.69, 9.17) is 4.42 Å². The van der Waals surface area contributed by atoms with Crippen molar-refractivity contribution < 1.29 is 19.1 Å². The maximum absolute atomic E-state index is 12.0. The summed E-state index contributed by atoms with van der Waals surface area (Å²) in [5.74, 6) is -1.05. The first kappa shape index (κ1) is 11.3. The first-order valence-corrected chi connectivity index (χ1v) is 6.17. The number of aliphatic carboxylic acids is 1. The summed E-state index contributed by atoms with van der Waals surface area (Å²) in [4.78, 5) is 25.1. The summed E-state index contributed by atoms with van der Waals surface area (Å²) < 4.78 is 5.43. The van der Waals surface area contributed by atoms with Crippen molar-refractivity contribution in [1.29, 1.82) is 0 Å². The Balaban J connectivity index is 2.01. The minimum absolute atomic E-state index is 0.0642. The Kier molecular flexibility index (Phi) is 2.43. The number of carboxylic acid groups (broad SMARTS) is 1. The third-order valence-electron chi connectivity index (χ3n) is 3.79. The van der Waals surface area contributed by atoms with Gasteiger partial charge in [-0.1, -0.05) is 0 Å². The average Bonchev–Trinajstić information content (AvgIpc) is 2.96. The SMILES string of the molecule is Cc1ccoc1C1C(C(=O)O)CC(=O)N1C1CC1. The fraction of sp³-hybridized carbons (Fsp3) is 0.538. The molecule has 1 saturated heterocycles. The highest BCUT2D eigenvalue weighted by molar-refractivity contribution is 5.87. The van der Waals surface area contributed by atoms with Crippen LogP contribution in [0.2, 0.25) is 0 Å². The molecule has 1 amide bonds. The number of aryl methyl sites for hydroxylation is 1. The first-order chi connectivity index (χ1) is 8.59. The molecule has 1 aromatic heterocycles. The molecule has 18 heavy (non-hydrogen) atoms. The zero-order valence-electron chi connectivity index (χ0n) is 10.1. The minimum Gasteiger partial charge on any atom is -0.481 e. The van der Waals surface area contributed by atoms with Crippen LogP contribution in [0.25, 0.3) is 0 Å². The number of likely N-dealkylation sites (tertiary alicyclic amines) is 1. The van der Waals surface area contributed by atoms with Gasteiger partial charge in [-0.2, -0.15) is 0 Å². The van der Waals surface area contributed by atoms with Gasteiger partial charge >= 0.3 is 5.97 Å². The Bertz CT molecular complexity index is 503. The van der Waals surface area contributed by atoms with Crippen molar-refractivity contribution in [2.45, 2.75) is 38.3 Å². The lowest BCUT2D eigenvalue weighted by molar-refractivity contribution is -0.143. The number of furan rings is 1. The van der Waals surface area contributed by atoms with Gasteiger partial charge in [-0.15, -0.1) is 0 Å². The highest BCUT2D eigenvalue weighted by Gasteiger charge is 2.51. The fourth-order valence-corrected chi connectivity index (χ4v) is 2.76. The van der Waals surface area contributed by atoms with E-state index in [9.17, 15) is 14.7 Å². The monoisotopic (exact) mass is 249 g/mol.